The lowest BCUT2D eigenvalue weighted by molar-refractivity contribution is -0.227. The summed E-state index contributed by atoms with van der Waals surface area (Å²) in [6, 6.07) is 10.0. The Labute approximate surface area is 136 Å². The Morgan fingerprint density at radius 3 is 2.83 bits per heavy atom. The van der Waals surface area contributed by atoms with Gasteiger partial charge in [-0.2, -0.15) is 0 Å². The molecule has 23 heavy (non-hydrogen) atoms. The molecule has 5 nitrogen and oxygen atoms in total. The van der Waals surface area contributed by atoms with E-state index in [1.807, 2.05) is 37.3 Å². The van der Waals surface area contributed by atoms with E-state index in [2.05, 4.69) is 0 Å². The summed E-state index contributed by atoms with van der Waals surface area (Å²) in [4.78, 5) is 12.1. The number of hydrogen-bond donors (Lipinski definition) is 0. The van der Waals surface area contributed by atoms with Crippen LogP contribution >= 0.6 is 0 Å². The van der Waals surface area contributed by atoms with E-state index in [4.69, 9.17) is 18.9 Å². The minimum atomic E-state index is -0.444. The second-order valence-corrected chi connectivity index (χ2v) is 6.27. The number of benzene rings is 1. The molecule has 5 heteroatoms. The highest BCUT2D eigenvalue weighted by Crippen LogP contribution is 2.54. The summed E-state index contributed by atoms with van der Waals surface area (Å²) in [6.07, 6.45) is 1.47. The number of carbonyl (C=O) groups excluding carboxylic acids is 1. The quantitative estimate of drug-likeness (QED) is 0.723. The number of hydrogen-bond acceptors (Lipinski definition) is 5. The van der Waals surface area contributed by atoms with E-state index in [0.717, 1.165) is 18.4 Å². The number of rotatable bonds is 7. The van der Waals surface area contributed by atoms with Gasteiger partial charge in [0, 0.05) is 13.5 Å². The monoisotopic (exact) mass is 320 g/mol. The number of methoxy groups -OCH3 is 1. The molecule has 0 N–H and O–H groups in total. The van der Waals surface area contributed by atoms with Gasteiger partial charge in [-0.15, -0.1) is 0 Å². The fourth-order valence-corrected chi connectivity index (χ4v) is 3.82. The van der Waals surface area contributed by atoms with E-state index in [9.17, 15) is 4.79 Å². The molecular formula is C18H24O5. The first-order chi connectivity index (χ1) is 11.2. The lowest BCUT2D eigenvalue weighted by Crippen LogP contribution is -2.46. The number of ether oxygens (including phenoxy) is 4. The van der Waals surface area contributed by atoms with Gasteiger partial charge >= 0.3 is 5.97 Å². The van der Waals surface area contributed by atoms with Crippen molar-refractivity contribution in [1.82, 2.24) is 0 Å². The molecule has 2 aliphatic rings. The molecule has 1 aromatic carbocycles. The predicted molar refractivity (Wildman–Crippen MR) is 83.6 cm³/mol. The van der Waals surface area contributed by atoms with Crippen molar-refractivity contribution < 1.29 is 23.7 Å². The van der Waals surface area contributed by atoms with Gasteiger partial charge < -0.3 is 18.9 Å². The molecular weight excluding hydrogens is 296 g/mol. The molecule has 0 amide bonds. The van der Waals surface area contributed by atoms with Crippen LogP contribution in [0.4, 0.5) is 0 Å². The first-order valence-corrected chi connectivity index (χ1v) is 8.17. The summed E-state index contributed by atoms with van der Waals surface area (Å²) < 4.78 is 22.7. The standard InChI is InChI=1S/C18H24O5/c1-3-21-16(19)11-18-10-14(23-17(18)20-2)9-15(18)22-12-13-7-5-4-6-8-13/h4-8,14-15,17H,3,9-12H2,1-2H3/t14-,15+,17+,18+/m0/s1. The lowest BCUT2D eigenvalue weighted by Gasteiger charge is -2.38. The van der Waals surface area contributed by atoms with Crippen molar-refractivity contribution in [2.45, 2.75) is 51.3 Å². The summed E-state index contributed by atoms with van der Waals surface area (Å²) in [7, 11) is 1.62. The molecule has 2 fully saturated rings. The Morgan fingerprint density at radius 2 is 2.13 bits per heavy atom. The van der Waals surface area contributed by atoms with E-state index >= 15 is 0 Å². The molecule has 1 aromatic rings. The minimum absolute atomic E-state index is 0.0594. The van der Waals surface area contributed by atoms with Crippen molar-refractivity contribution in [2.24, 2.45) is 5.41 Å². The third-order valence-electron chi connectivity index (χ3n) is 4.80. The van der Waals surface area contributed by atoms with Gasteiger partial charge in [0.25, 0.3) is 0 Å². The van der Waals surface area contributed by atoms with Crippen molar-refractivity contribution in [3.63, 3.8) is 0 Å². The van der Waals surface area contributed by atoms with Gasteiger partial charge in [0.05, 0.1) is 37.3 Å². The maximum absolute atomic E-state index is 12.1. The summed E-state index contributed by atoms with van der Waals surface area (Å²) >= 11 is 0. The molecule has 0 spiro atoms. The van der Waals surface area contributed by atoms with Gasteiger partial charge in [-0.05, 0) is 18.9 Å². The van der Waals surface area contributed by atoms with Gasteiger partial charge in [0.1, 0.15) is 0 Å². The van der Waals surface area contributed by atoms with Crippen LogP contribution in [0.5, 0.6) is 0 Å². The largest absolute Gasteiger partial charge is 0.466 e. The Morgan fingerprint density at radius 1 is 1.35 bits per heavy atom. The van der Waals surface area contributed by atoms with E-state index in [1.165, 1.54) is 0 Å². The van der Waals surface area contributed by atoms with Gasteiger partial charge in [-0.1, -0.05) is 30.3 Å². The van der Waals surface area contributed by atoms with Gasteiger partial charge in [-0.25, -0.2) is 0 Å². The fourth-order valence-electron chi connectivity index (χ4n) is 3.82. The summed E-state index contributed by atoms with van der Waals surface area (Å²) in [5, 5.41) is 0. The molecule has 1 heterocycles. The van der Waals surface area contributed by atoms with E-state index < -0.39 is 11.7 Å². The molecule has 0 radical (unpaired) electrons. The summed E-state index contributed by atoms with van der Waals surface area (Å²) in [5.74, 6) is -0.214. The van der Waals surface area contributed by atoms with Crippen LogP contribution in [0.1, 0.15) is 31.7 Å². The number of fused-ring (bicyclic) bond motifs is 2. The highest BCUT2D eigenvalue weighted by Gasteiger charge is 2.61. The molecule has 1 aliphatic carbocycles. The average Bonchev–Trinajstić information content (AvgIpc) is 3.07. The van der Waals surface area contributed by atoms with Gasteiger partial charge in [-0.3, -0.25) is 4.79 Å². The van der Waals surface area contributed by atoms with E-state index in [0.29, 0.717) is 13.2 Å². The van der Waals surface area contributed by atoms with Crippen LogP contribution in [-0.2, 0) is 30.3 Å². The van der Waals surface area contributed by atoms with Crippen LogP contribution in [0.15, 0.2) is 30.3 Å². The van der Waals surface area contributed by atoms with Crippen molar-refractivity contribution in [3.8, 4) is 0 Å². The van der Waals surface area contributed by atoms with Crippen LogP contribution in [-0.4, -0.2) is 38.2 Å². The Hall–Kier alpha value is -1.43. The molecule has 1 saturated heterocycles. The predicted octanol–water partition coefficient (Wildman–Crippen LogP) is 2.68. The summed E-state index contributed by atoms with van der Waals surface area (Å²) in [5.41, 5.74) is 0.678. The highest BCUT2D eigenvalue weighted by molar-refractivity contribution is 5.70. The van der Waals surface area contributed by atoms with Crippen molar-refractivity contribution in [2.75, 3.05) is 13.7 Å². The molecule has 4 atom stereocenters. The molecule has 1 aliphatic heterocycles. The first-order valence-electron chi connectivity index (χ1n) is 8.17. The molecule has 0 unspecified atom stereocenters. The van der Waals surface area contributed by atoms with Gasteiger partial charge in [0.2, 0.25) is 0 Å². The van der Waals surface area contributed by atoms with E-state index in [1.54, 1.807) is 7.11 Å². The normalized spacial score (nSPS) is 32.2. The highest BCUT2D eigenvalue weighted by atomic mass is 16.7. The zero-order chi connectivity index (χ0) is 16.3. The molecule has 1 saturated carbocycles. The third kappa shape index (κ3) is 3.27. The van der Waals surface area contributed by atoms with Gasteiger partial charge in [0.15, 0.2) is 6.29 Å². The number of carbonyl (C=O) groups is 1. The average molecular weight is 320 g/mol. The maximum Gasteiger partial charge on any atom is 0.306 e. The zero-order valence-corrected chi connectivity index (χ0v) is 13.7. The Bertz CT molecular complexity index is 531. The van der Waals surface area contributed by atoms with E-state index in [-0.39, 0.29) is 24.6 Å². The maximum atomic E-state index is 12.1. The summed E-state index contributed by atoms with van der Waals surface area (Å²) in [6.45, 7) is 2.72. The van der Waals surface area contributed by atoms with Crippen molar-refractivity contribution in [3.05, 3.63) is 35.9 Å². The van der Waals surface area contributed by atoms with Crippen LogP contribution < -0.4 is 0 Å². The van der Waals surface area contributed by atoms with Crippen molar-refractivity contribution >= 4 is 5.97 Å². The topological polar surface area (TPSA) is 54.0 Å². The van der Waals surface area contributed by atoms with Crippen LogP contribution in [0.25, 0.3) is 0 Å². The lowest BCUT2D eigenvalue weighted by atomic mass is 9.80. The third-order valence-corrected chi connectivity index (χ3v) is 4.80. The molecule has 126 valence electrons. The molecule has 0 aromatic heterocycles. The molecule has 3 rings (SSSR count). The second-order valence-electron chi connectivity index (χ2n) is 6.27. The van der Waals surface area contributed by atoms with Crippen LogP contribution in [0.2, 0.25) is 0 Å². The van der Waals surface area contributed by atoms with Crippen molar-refractivity contribution in [1.29, 1.82) is 0 Å². The van der Waals surface area contributed by atoms with Crippen LogP contribution in [0.3, 0.4) is 0 Å². The number of esters is 1. The minimum Gasteiger partial charge on any atom is -0.466 e. The smallest absolute Gasteiger partial charge is 0.306 e. The molecule has 2 bridgehead atoms. The Balaban J connectivity index is 1.72. The van der Waals surface area contributed by atoms with Crippen LogP contribution in [0, 0.1) is 5.41 Å². The Kier molecular flexibility index (Phi) is 4.99. The second kappa shape index (κ2) is 6.99. The SMILES string of the molecule is CCOC(=O)C[C@]12C[C@H](C[C@H]1OCc1ccccc1)O[C@H]2OC. The zero-order valence-electron chi connectivity index (χ0n) is 13.7. The first kappa shape index (κ1) is 16.4. The fraction of sp³-hybridized carbons (Fsp3) is 0.611.